The number of hydrogen-bond acceptors (Lipinski definition) is 7. The third-order valence-electron chi connectivity index (χ3n) is 5.79. The maximum Gasteiger partial charge on any atom is 0.319 e. The number of carbonyl (C=O) groups is 3. The van der Waals surface area contributed by atoms with Gasteiger partial charge in [0.15, 0.2) is 9.84 Å². The lowest BCUT2D eigenvalue weighted by Crippen LogP contribution is -2.34. The number of phenolic OH excluding ortho intramolecular Hbond substituents is 1. The minimum Gasteiger partial charge on any atom is -0.506 e. The molecule has 3 rings (SSSR count). The van der Waals surface area contributed by atoms with Crippen molar-refractivity contribution in [2.24, 2.45) is 0 Å². The highest BCUT2D eigenvalue weighted by Crippen LogP contribution is 2.36. The predicted octanol–water partition coefficient (Wildman–Crippen LogP) is 5.56. The van der Waals surface area contributed by atoms with Crippen molar-refractivity contribution in [1.82, 2.24) is 5.32 Å². The van der Waals surface area contributed by atoms with E-state index in [-0.39, 0.29) is 49.0 Å². The number of urea groups is 1. The summed E-state index contributed by atoms with van der Waals surface area (Å²) in [6.07, 6.45) is -0.0412. The number of ether oxygens (including phenoxy) is 1. The molecule has 0 radical (unpaired) electrons. The zero-order valence-corrected chi connectivity index (χ0v) is 24.9. The fourth-order valence-corrected chi connectivity index (χ4v) is 6.06. The van der Waals surface area contributed by atoms with Crippen molar-refractivity contribution in [3.8, 4) is 11.5 Å². The normalized spacial score (nSPS) is 11.8. The maximum absolute atomic E-state index is 13.1. The van der Waals surface area contributed by atoms with E-state index in [2.05, 4.69) is 21.3 Å². The van der Waals surface area contributed by atoms with Crippen molar-refractivity contribution in [3.63, 3.8) is 0 Å². The number of hydrogen-bond donors (Lipinski definition) is 5. The Hall–Kier alpha value is -3.71. The fraction of sp³-hybridized carbons (Fsp3) is 0.192. The molecule has 3 aromatic carbocycles. The first-order valence-electron chi connectivity index (χ1n) is 11.8. The Morgan fingerprint density at radius 1 is 0.902 bits per heavy atom. The van der Waals surface area contributed by atoms with Gasteiger partial charge in [-0.05, 0) is 48.9 Å². The molecule has 0 bridgehead atoms. The average molecular weight is 644 g/mol. The van der Waals surface area contributed by atoms with Crippen LogP contribution in [0.2, 0.25) is 15.1 Å². The third kappa shape index (κ3) is 7.33. The maximum atomic E-state index is 13.1. The number of phenols is 1. The molecule has 0 aliphatic carbocycles. The molecule has 11 nitrogen and oxygen atoms in total. The van der Waals surface area contributed by atoms with Gasteiger partial charge in [-0.1, -0.05) is 41.7 Å². The molecular weight excluding hydrogens is 619 g/mol. The lowest BCUT2D eigenvalue weighted by molar-refractivity contribution is -0.115. The van der Waals surface area contributed by atoms with E-state index in [1.165, 1.54) is 56.6 Å². The summed E-state index contributed by atoms with van der Waals surface area (Å²) in [6.45, 7) is 1.54. The molecule has 218 valence electrons. The molecule has 4 amide bonds. The second-order valence-electron chi connectivity index (χ2n) is 8.43. The summed E-state index contributed by atoms with van der Waals surface area (Å²) in [5, 5.41) is 18.6. The molecule has 5 N–H and O–H groups in total. The molecule has 0 saturated carbocycles. The number of methoxy groups -OCH3 is 1. The molecule has 0 saturated heterocycles. The van der Waals surface area contributed by atoms with Crippen LogP contribution < -0.4 is 26.0 Å². The zero-order valence-electron chi connectivity index (χ0n) is 21.8. The number of anilines is 3. The second-order valence-corrected chi connectivity index (χ2v) is 11.8. The van der Waals surface area contributed by atoms with E-state index in [1.54, 1.807) is 6.92 Å². The van der Waals surface area contributed by atoms with Gasteiger partial charge >= 0.3 is 6.03 Å². The highest BCUT2D eigenvalue weighted by Gasteiger charge is 2.33. The smallest absolute Gasteiger partial charge is 0.319 e. The standard InChI is InChI=1S/C26H25Cl3N4O7S/c1-4-22(41(38,39)15-7-5-14(40-3)6-8-15)25(36)31-19-12-21(34)20(11-16(19)27)32-24(35)13-9-17(28)23(18(29)10-13)33-26(37)30-2/h5-12,22,34H,4H2,1-3H3,(H,31,36)(H,32,35)(H2,30,33,37). The molecule has 1 atom stereocenters. The first kappa shape index (κ1) is 31.8. The van der Waals surface area contributed by atoms with Crippen LogP contribution in [0.1, 0.15) is 23.7 Å². The Balaban J connectivity index is 1.79. The second kappa shape index (κ2) is 13.3. The molecule has 15 heteroatoms. The molecule has 0 aliphatic rings. The summed E-state index contributed by atoms with van der Waals surface area (Å²) in [4.78, 5) is 37.3. The van der Waals surface area contributed by atoms with Crippen molar-refractivity contribution in [1.29, 1.82) is 0 Å². The van der Waals surface area contributed by atoms with Gasteiger partial charge in [0.25, 0.3) is 5.91 Å². The summed E-state index contributed by atoms with van der Waals surface area (Å²) < 4.78 is 31.3. The molecular formula is C26H25Cl3N4O7S. The van der Waals surface area contributed by atoms with Crippen LogP contribution in [-0.4, -0.2) is 50.8 Å². The number of sulfone groups is 1. The van der Waals surface area contributed by atoms with Gasteiger partial charge in [0, 0.05) is 18.7 Å². The number of carbonyl (C=O) groups excluding carboxylic acids is 3. The highest BCUT2D eigenvalue weighted by molar-refractivity contribution is 7.92. The summed E-state index contributed by atoms with van der Waals surface area (Å²) in [5.41, 5.74) is -0.0959. The van der Waals surface area contributed by atoms with Gasteiger partial charge < -0.3 is 31.1 Å². The van der Waals surface area contributed by atoms with E-state index < -0.39 is 38.7 Å². The van der Waals surface area contributed by atoms with Gasteiger partial charge in [-0.15, -0.1) is 0 Å². The van der Waals surface area contributed by atoms with Gasteiger partial charge in [0.1, 0.15) is 16.7 Å². The highest BCUT2D eigenvalue weighted by atomic mass is 35.5. The van der Waals surface area contributed by atoms with Crippen molar-refractivity contribution >= 4 is 79.5 Å². The van der Waals surface area contributed by atoms with Crippen LogP contribution in [0.4, 0.5) is 21.9 Å². The monoisotopic (exact) mass is 642 g/mol. The van der Waals surface area contributed by atoms with E-state index in [9.17, 15) is 27.9 Å². The summed E-state index contributed by atoms with van der Waals surface area (Å²) >= 11 is 18.6. The molecule has 1 unspecified atom stereocenters. The number of amides is 4. The molecule has 0 heterocycles. The van der Waals surface area contributed by atoms with Crippen molar-refractivity contribution in [3.05, 3.63) is 69.2 Å². The van der Waals surface area contributed by atoms with E-state index in [0.29, 0.717) is 5.75 Å². The quantitative estimate of drug-likeness (QED) is 0.191. The molecule has 0 aliphatic heterocycles. The Morgan fingerprint density at radius 3 is 2.05 bits per heavy atom. The van der Waals surface area contributed by atoms with Crippen LogP contribution in [0.15, 0.2) is 53.4 Å². The average Bonchev–Trinajstić information content (AvgIpc) is 2.93. The lowest BCUT2D eigenvalue weighted by atomic mass is 10.1. The summed E-state index contributed by atoms with van der Waals surface area (Å²) in [5.74, 6) is -1.60. The first-order valence-corrected chi connectivity index (χ1v) is 14.5. The van der Waals surface area contributed by atoms with Crippen molar-refractivity contribution in [2.45, 2.75) is 23.5 Å². The number of benzene rings is 3. The third-order valence-corrected chi connectivity index (χ3v) is 8.92. The molecule has 3 aromatic rings. The number of halogens is 3. The van der Waals surface area contributed by atoms with Crippen LogP contribution in [0.5, 0.6) is 11.5 Å². The minimum atomic E-state index is -4.07. The Bertz CT molecular complexity index is 1580. The largest absolute Gasteiger partial charge is 0.506 e. The molecule has 0 spiro atoms. The van der Waals surface area contributed by atoms with E-state index >= 15 is 0 Å². The number of aromatic hydroxyl groups is 1. The summed E-state index contributed by atoms with van der Waals surface area (Å²) in [7, 11) is -1.22. The fourth-order valence-electron chi connectivity index (χ4n) is 3.64. The molecule has 0 fully saturated rings. The van der Waals surface area contributed by atoms with E-state index in [0.717, 1.165) is 6.07 Å². The van der Waals surface area contributed by atoms with Crippen molar-refractivity contribution < 1.29 is 32.6 Å². The topological polar surface area (TPSA) is 163 Å². The van der Waals surface area contributed by atoms with Crippen LogP contribution in [0.3, 0.4) is 0 Å². The van der Waals surface area contributed by atoms with Gasteiger partial charge in [0.2, 0.25) is 5.91 Å². The lowest BCUT2D eigenvalue weighted by Gasteiger charge is -2.18. The van der Waals surface area contributed by atoms with E-state index in [4.69, 9.17) is 39.5 Å². The van der Waals surface area contributed by atoms with Crippen molar-refractivity contribution in [2.75, 3.05) is 30.1 Å². The Morgan fingerprint density at radius 2 is 1.51 bits per heavy atom. The van der Waals surface area contributed by atoms with Crippen LogP contribution >= 0.6 is 34.8 Å². The van der Waals surface area contributed by atoms with Gasteiger partial charge in [0.05, 0.1) is 44.1 Å². The van der Waals surface area contributed by atoms with E-state index in [1.807, 2.05) is 0 Å². The Kier molecular flexibility index (Phi) is 10.3. The zero-order chi connectivity index (χ0) is 30.5. The van der Waals surface area contributed by atoms with Gasteiger partial charge in [-0.25, -0.2) is 13.2 Å². The minimum absolute atomic E-state index is 0.00452. The van der Waals surface area contributed by atoms with Crippen LogP contribution in [0.25, 0.3) is 0 Å². The first-order chi connectivity index (χ1) is 19.3. The number of rotatable bonds is 9. The number of nitrogens with one attached hydrogen (secondary N) is 4. The van der Waals surface area contributed by atoms with Gasteiger partial charge in [-0.3, -0.25) is 9.59 Å². The molecule has 41 heavy (non-hydrogen) atoms. The van der Waals surface area contributed by atoms with Crippen LogP contribution in [0, 0.1) is 0 Å². The molecule has 0 aromatic heterocycles. The van der Waals surface area contributed by atoms with Crippen LogP contribution in [-0.2, 0) is 14.6 Å². The van der Waals surface area contributed by atoms with Gasteiger partial charge in [-0.2, -0.15) is 0 Å². The SMILES string of the molecule is CCC(C(=O)Nc1cc(O)c(NC(=O)c2cc(Cl)c(NC(=O)NC)c(Cl)c2)cc1Cl)S(=O)(=O)c1ccc(OC)cc1. The summed E-state index contributed by atoms with van der Waals surface area (Å²) in [6, 6.07) is 9.81. The Labute approximate surface area is 251 Å². The predicted molar refractivity (Wildman–Crippen MR) is 158 cm³/mol.